The van der Waals surface area contributed by atoms with Crippen LogP contribution in [0.2, 0.25) is 0 Å². The predicted octanol–water partition coefficient (Wildman–Crippen LogP) is 0.228. The Morgan fingerprint density at radius 1 is 1.05 bits per heavy atom. The normalized spacial score (nSPS) is 39.9. The number of nitrogens with zero attached hydrogens (tertiary/aromatic N) is 1. The van der Waals surface area contributed by atoms with Crippen molar-refractivity contribution in [1.29, 1.82) is 0 Å². The van der Waals surface area contributed by atoms with Crippen LogP contribution in [0.15, 0.2) is 0 Å². The molecule has 2 fully saturated rings. The molecule has 5 heteroatoms. The van der Waals surface area contributed by atoms with Gasteiger partial charge in [0, 0.05) is 32.8 Å². The fourth-order valence-electron chi connectivity index (χ4n) is 3.66. The van der Waals surface area contributed by atoms with E-state index in [0.29, 0.717) is 24.8 Å². The second-order valence-electron chi connectivity index (χ2n) is 6.50. The van der Waals surface area contributed by atoms with Gasteiger partial charge in [-0.05, 0) is 43.9 Å². The third-order valence-electron chi connectivity index (χ3n) is 4.97. The molecule has 1 unspecified atom stereocenters. The lowest BCUT2D eigenvalue weighted by molar-refractivity contribution is -0.0762. The van der Waals surface area contributed by atoms with Crippen molar-refractivity contribution in [3.05, 3.63) is 0 Å². The lowest BCUT2D eigenvalue weighted by Gasteiger charge is -2.42. The van der Waals surface area contributed by atoms with E-state index in [4.69, 9.17) is 4.74 Å². The predicted molar refractivity (Wildman–Crippen MR) is 76.4 cm³/mol. The van der Waals surface area contributed by atoms with Gasteiger partial charge in [0.25, 0.3) is 0 Å². The molecule has 3 atom stereocenters. The quantitative estimate of drug-likeness (QED) is 0.675. The Morgan fingerprint density at radius 3 is 2.30 bits per heavy atom. The molecular weight excluding hydrogens is 258 g/mol. The van der Waals surface area contributed by atoms with Crippen molar-refractivity contribution in [2.24, 2.45) is 11.8 Å². The Kier molecular flexibility index (Phi) is 6.23. The average molecular weight is 287 g/mol. The van der Waals surface area contributed by atoms with Crippen LogP contribution in [0.4, 0.5) is 0 Å². The van der Waals surface area contributed by atoms with Gasteiger partial charge in [-0.3, -0.25) is 4.90 Å². The summed E-state index contributed by atoms with van der Waals surface area (Å²) < 4.78 is 5.22. The van der Waals surface area contributed by atoms with Crippen molar-refractivity contribution in [2.75, 3.05) is 33.4 Å². The van der Waals surface area contributed by atoms with E-state index in [9.17, 15) is 15.3 Å². The van der Waals surface area contributed by atoms with Gasteiger partial charge < -0.3 is 20.1 Å². The van der Waals surface area contributed by atoms with Crippen molar-refractivity contribution < 1.29 is 20.1 Å². The molecule has 2 rings (SSSR count). The van der Waals surface area contributed by atoms with E-state index in [1.807, 2.05) is 0 Å². The van der Waals surface area contributed by atoms with Crippen LogP contribution in [-0.2, 0) is 4.74 Å². The summed E-state index contributed by atoms with van der Waals surface area (Å²) in [4.78, 5) is 2.17. The number of aliphatic hydroxyl groups excluding tert-OH is 3. The Hall–Kier alpha value is -0.200. The zero-order chi connectivity index (χ0) is 14.5. The first-order chi connectivity index (χ1) is 9.63. The zero-order valence-electron chi connectivity index (χ0n) is 12.4. The molecule has 1 saturated heterocycles. The van der Waals surface area contributed by atoms with E-state index in [2.05, 4.69) is 4.90 Å². The molecule has 3 N–H and O–H groups in total. The lowest BCUT2D eigenvalue weighted by atomic mass is 9.81. The minimum absolute atomic E-state index is 0.00917. The summed E-state index contributed by atoms with van der Waals surface area (Å²) in [5.74, 6) is 1.33. The molecule has 0 amide bonds. The molecule has 5 nitrogen and oxygen atoms in total. The fraction of sp³-hybridized carbons (Fsp3) is 1.00. The maximum Gasteiger partial charge on any atom is 0.0926 e. The van der Waals surface area contributed by atoms with Crippen LogP contribution in [-0.4, -0.2) is 71.9 Å². The number of ether oxygens (including phenoxy) is 1. The highest BCUT2D eigenvalue weighted by Gasteiger charge is 2.34. The topological polar surface area (TPSA) is 73.2 Å². The first-order valence-electron chi connectivity index (χ1n) is 7.84. The highest BCUT2D eigenvalue weighted by molar-refractivity contribution is 4.88. The molecular formula is C15H29NO4. The van der Waals surface area contributed by atoms with Crippen molar-refractivity contribution in [1.82, 2.24) is 4.90 Å². The molecule has 118 valence electrons. The summed E-state index contributed by atoms with van der Waals surface area (Å²) >= 11 is 0. The van der Waals surface area contributed by atoms with Gasteiger partial charge in [0.1, 0.15) is 0 Å². The molecule has 0 spiro atoms. The molecule has 1 saturated carbocycles. The number of hydrogen-bond acceptors (Lipinski definition) is 5. The molecule has 2 aliphatic rings. The van der Waals surface area contributed by atoms with Crippen LogP contribution >= 0.6 is 0 Å². The molecule has 0 bridgehead atoms. The summed E-state index contributed by atoms with van der Waals surface area (Å²) in [5.41, 5.74) is 0. The van der Waals surface area contributed by atoms with E-state index in [0.717, 1.165) is 13.2 Å². The van der Waals surface area contributed by atoms with Gasteiger partial charge in [-0.15, -0.1) is 0 Å². The summed E-state index contributed by atoms with van der Waals surface area (Å²) in [5, 5.41) is 29.0. The minimum atomic E-state index is -0.694. The van der Waals surface area contributed by atoms with Crippen LogP contribution in [0.3, 0.4) is 0 Å². The summed E-state index contributed by atoms with van der Waals surface area (Å²) in [6, 6.07) is -0.00917. The maximum absolute atomic E-state index is 9.81. The monoisotopic (exact) mass is 287 g/mol. The lowest BCUT2D eigenvalue weighted by Crippen LogP contribution is -2.54. The molecule has 1 aliphatic heterocycles. The van der Waals surface area contributed by atoms with Gasteiger partial charge in [-0.1, -0.05) is 0 Å². The van der Waals surface area contributed by atoms with Gasteiger partial charge in [0.05, 0.1) is 18.8 Å². The largest absolute Gasteiger partial charge is 0.395 e. The Morgan fingerprint density at radius 2 is 1.70 bits per heavy atom. The van der Waals surface area contributed by atoms with Crippen molar-refractivity contribution in [2.45, 2.75) is 50.4 Å². The Bertz CT molecular complexity index is 281. The van der Waals surface area contributed by atoms with Gasteiger partial charge in [0.15, 0.2) is 0 Å². The molecule has 0 aromatic carbocycles. The number of methoxy groups -OCH3 is 1. The number of aliphatic hydroxyl groups is 3. The third kappa shape index (κ3) is 4.15. The molecule has 0 radical (unpaired) electrons. The number of hydrogen-bond donors (Lipinski definition) is 3. The number of likely N-dealkylation sites (tertiary alicyclic amines) is 1. The standard InChI is InChI=1S/C15H29NO4/c1-20-10-12-4-2-11(3-5-12)7-16-8-15(19)14(18)6-13(16)9-17/h11-15,17-19H,2-10H2,1H3/t11?,12?,13-,14?,15+/m1/s1. The van der Waals surface area contributed by atoms with E-state index in [1.165, 1.54) is 25.7 Å². The zero-order valence-corrected chi connectivity index (χ0v) is 12.4. The second kappa shape index (κ2) is 7.71. The third-order valence-corrected chi connectivity index (χ3v) is 4.97. The van der Waals surface area contributed by atoms with Crippen molar-refractivity contribution in [3.8, 4) is 0 Å². The summed E-state index contributed by atoms with van der Waals surface area (Å²) in [7, 11) is 1.76. The Balaban J connectivity index is 1.80. The first kappa shape index (κ1) is 16.2. The SMILES string of the molecule is COCC1CCC(CN2C[C@H](O)C(O)C[C@@H]2CO)CC1. The highest BCUT2D eigenvalue weighted by Crippen LogP contribution is 2.31. The molecule has 0 aromatic rings. The highest BCUT2D eigenvalue weighted by atomic mass is 16.5. The van der Waals surface area contributed by atoms with E-state index in [-0.39, 0.29) is 12.6 Å². The van der Waals surface area contributed by atoms with Crippen LogP contribution in [0.1, 0.15) is 32.1 Å². The van der Waals surface area contributed by atoms with Crippen LogP contribution < -0.4 is 0 Å². The minimum Gasteiger partial charge on any atom is -0.395 e. The van der Waals surface area contributed by atoms with E-state index in [1.54, 1.807) is 7.11 Å². The number of β-amino-alcohol motifs (C(OH)–C–C–N with tert-alkyl or cyclic N) is 1. The number of piperidine rings is 1. The van der Waals surface area contributed by atoms with Gasteiger partial charge >= 0.3 is 0 Å². The summed E-state index contributed by atoms with van der Waals surface area (Å²) in [6.07, 6.45) is 3.91. The molecule has 20 heavy (non-hydrogen) atoms. The smallest absolute Gasteiger partial charge is 0.0926 e. The van der Waals surface area contributed by atoms with Gasteiger partial charge in [-0.2, -0.15) is 0 Å². The first-order valence-corrected chi connectivity index (χ1v) is 7.84. The maximum atomic E-state index is 9.81. The van der Waals surface area contributed by atoms with Crippen molar-refractivity contribution >= 4 is 0 Å². The van der Waals surface area contributed by atoms with Crippen molar-refractivity contribution in [3.63, 3.8) is 0 Å². The molecule has 0 aromatic heterocycles. The number of rotatable bonds is 5. The summed E-state index contributed by atoms with van der Waals surface area (Å²) in [6.45, 7) is 2.32. The Labute approximate surface area is 121 Å². The van der Waals surface area contributed by atoms with E-state index < -0.39 is 12.2 Å². The van der Waals surface area contributed by atoms with Crippen LogP contribution in [0.25, 0.3) is 0 Å². The fourth-order valence-corrected chi connectivity index (χ4v) is 3.66. The average Bonchev–Trinajstić information content (AvgIpc) is 2.45. The van der Waals surface area contributed by atoms with Crippen LogP contribution in [0, 0.1) is 11.8 Å². The molecule has 1 aliphatic carbocycles. The molecule has 1 heterocycles. The van der Waals surface area contributed by atoms with Gasteiger partial charge in [0.2, 0.25) is 0 Å². The van der Waals surface area contributed by atoms with E-state index >= 15 is 0 Å². The second-order valence-corrected chi connectivity index (χ2v) is 6.50. The van der Waals surface area contributed by atoms with Crippen LogP contribution in [0.5, 0.6) is 0 Å². The van der Waals surface area contributed by atoms with Gasteiger partial charge in [-0.25, -0.2) is 0 Å².